The first kappa shape index (κ1) is 19.9. The maximum Gasteiger partial charge on any atom is 0.368 e. The van der Waals surface area contributed by atoms with Gasteiger partial charge >= 0.3 is 5.69 Å². The molecule has 1 aromatic heterocycles. The minimum absolute atomic E-state index is 0.294. The average Bonchev–Trinajstić information content (AvgIpc) is 3.53. The second kappa shape index (κ2) is 8.14. The molecule has 0 N–H and O–H groups in total. The lowest BCUT2D eigenvalue weighted by Crippen LogP contribution is -2.23. The quantitative estimate of drug-likeness (QED) is 0.444. The number of tetrazole rings is 1. The van der Waals surface area contributed by atoms with E-state index in [0.717, 1.165) is 41.0 Å². The molecule has 0 unspecified atom stereocenters. The van der Waals surface area contributed by atoms with Crippen LogP contribution < -0.4 is 10.4 Å². The summed E-state index contributed by atoms with van der Waals surface area (Å²) in [4.78, 5) is 17.3. The van der Waals surface area contributed by atoms with Crippen molar-refractivity contribution in [3.05, 3.63) is 69.1 Å². The second-order valence-corrected chi connectivity index (χ2v) is 7.54. The molecule has 1 aliphatic rings. The zero-order chi connectivity index (χ0) is 21.3. The Morgan fingerprint density at radius 3 is 2.70 bits per heavy atom. The van der Waals surface area contributed by atoms with Crippen molar-refractivity contribution in [1.29, 1.82) is 0 Å². The molecule has 30 heavy (non-hydrogen) atoms. The molecule has 1 fully saturated rings. The third-order valence-corrected chi connectivity index (χ3v) is 5.38. The summed E-state index contributed by atoms with van der Waals surface area (Å²) in [6.45, 7) is 4.25. The molecule has 8 heteroatoms. The van der Waals surface area contributed by atoms with Crippen LogP contribution in [0.3, 0.4) is 0 Å². The van der Waals surface area contributed by atoms with Crippen molar-refractivity contribution < 1.29 is 9.57 Å². The van der Waals surface area contributed by atoms with E-state index in [4.69, 9.17) is 9.57 Å². The molecule has 1 saturated carbocycles. The molecule has 4 rings (SSSR count). The lowest BCUT2D eigenvalue weighted by Gasteiger charge is -2.16. The highest BCUT2D eigenvalue weighted by Gasteiger charge is 2.27. The van der Waals surface area contributed by atoms with E-state index in [2.05, 4.69) is 21.6 Å². The fourth-order valence-electron chi connectivity index (χ4n) is 3.50. The number of hydrogen-bond acceptors (Lipinski definition) is 6. The number of hydrogen-bond donors (Lipinski definition) is 0. The van der Waals surface area contributed by atoms with Gasteiger partial charge in [-0.2, -0.15) is 9.36 Å². The van der Waals surface area contributed by atoms with Crippen molar-refractivity contribution in [2.75, 3.05) is 7.11 Å². The maximum absolute atomic E-state index is 12.4. The Morgan fingerprint density at radius 1 is 1.23 bits per heavy atom. The number of aryl methyl sites for hydroxylation is 2. The smallest absolute Gasteiger partial charge is 0.368 e. The van der Waals surface area contributed by atoms with E-state index in [9.17, 15) is 4.79 Å². The van der Waals surface area contributed by atoms with E-state index in [1.807, 2.05) is 44.2 Å². The minimum Gasteiger partial charge on any atom is -0.489 e. The van der Waals surface area contributed by atoms with Crippen molar-refractivity contribution in [1.82, 2.24) is 19.8 Å². The Kier molecular flexibility index (Phi) is 5.39. The summed E-state index contributed by atoms with van der Waals surface area (Å²) in [5.41, 5.74) is 5.35. The van der Waals surface area contributed by atoms with Gasteiger partial charge in [0.05, 0.1) is 11.4 Å². The first-order chi connectivity index (χ1) is 14.5. The van der Waals surface area contributed by atoms with Gasteiger partial charge in [-0.05, 0) is 84.0 Å². The number of nitrogens with zero attached hydrogens (tertiary/aromatic N) is 5. The molecule has 8 nitrogen and oxygen atoms in total. The van der Waals surface area contributed by atoms with Gasteiger partial charge in [0.25, 0.3) is 0 Å². The molecule has 0 saturated heterocycles. The summed E-state index contributed by atoms with van der Waals surface area (Å²) in [5, 5.41) is 11.8. The zero-order valence-corrected chi connectivity index (χ0v) is 17.6. The first-order valence-electron chi connectivity index (χ1n) is 9.92. The second-order valence-electron chi connectivity index (χ2n) is 7.54. The molecule has 0 amide bonds. The molecule has 0 aliphatic heterocycles. The van der Waals surface area contributed by atoms with Gasteiger partial charge in [-0.25, -0.2) is 4.79 Å². The lowest BCUT2D eigenvalue weighted by atomic mass is 10.0. The zero-order valence-electron chi connectivity index (χ0n) is 17.6. The molecule has 0 bridgehead atoms. The summed E-state index contributed by atoms with van der Waals surface area (Å²) in [7, 11) is 3.13. The first-order valence-corrected chi connectivity index (χ1v) is 9.92. The number of ether oxygens (including phenoxy) is 1. The molecular formula is C22H25N5O3. The van der Waals surface area contributed by atoms with Gasteiger partial charge in [0.2, 0.25) is 0 Å². The third-order valence-electron chi connectivity index (χ3n) is 5.38. The van der Waals surface area contributed by atoms with Crippen LogP contribution in [0.25, 0.3) is 5.69 Å². The van der Waals surface area contributed by atoms with Crippen LogP contribution in [-0.2, 0) is 18.5 Å². The SMILES string of the molecule is CO/N=C(\C)c1ccc(OCc2c(C)cccc2-n2nnn(C)c2=O)c(C2CC2)c1. The molecule has 0 atom stereocenters. The van der Waals surface area contributed by atoms with Crippen LogP contribution in [0.15, 0.2) is 46.3 Å². The molecule has 1 aliphatic carbocycles. The predicted octanol–water partition coefficient (Wildman–Crippen LogP) is 3.10. The van der Waals surface area contributed by atoms with Crippen molar-refractivity contribution >= 4 is 5.71 Å². The van der Waals surface area contributed by atoms with Crippen LogP contribution in [0.4, 0.5) is 0 Å². The van der Waals surface area contributed by atoms with Crippen LogP contribution in [0.1, 0.15) is 47.9 Å². The van der Waals surface area contributed by atoms with Gasteiger partial charge in [-0.1, -0.05) is 17.3 Å². The summed E-state index contributed by atoms with van der Waals surface area (Å²) in [6.07, 6.45) is 2.32. The van der Waals surface area contributed by atoms with Crippen LogP contribution in [-0.4, -0.2) is 32.6 Å². The van der Waals surface area contributed by atoms with E-state index < -0.39 is 0 Å². The molecule has 156 valence electrons. The molecular weight excluding hydrogens is 382 g/mol. The molecule has 2 aromatic carbocycles. The Morgan fingerprint density at radius 2 is 2.03 bits per heavy atom. The normalized spacial score (nSPS) is 14.1. The van der Waals surface area contributed by atoms with E-state index in [-0.39, 0.29) is 5.69 Å². The molecule has 0 radical (unpaired) electrons. The highest BCUT2D eigenvalue weighted by molar-refractivity contribution is 5.98. The summed E-state index contributed by atoms with van der Waals surface area (Å²) < 4.78 is 8.78. The Bertz CT molecular complexity index is 1160. The van der Waals surface area contributed by atoms with Crippen molar-refractivity contribution in [2.24, 2.45) is 12.2 Å². The van der Waals surface area contributed by atoms with Gasteiger partial charge in [-0.3, -0.25) is 0 Å². The predicted molar refractivity (Wildman–Crippen MR) is 113 cm³/mol. The number of rotatable bonds is 7. The largest absolute Gasteiger partial charge is 0.489 e. The van der Waals surface area contributed by atoms with Crippen molar-refractivity contribution in [3.63, 3.8) is 0 Å². The molecule has 1 heterocycles. The maximum atomic E-state index is 12.4. The standard InChI is InChI=1S/C22H25N5O3/c1-14-6-5-7-20(27-22(28)26(3)24-25-27)19(14)13-30-21-11-10-17(15(2)23-29-4)12-18(21)16-8-9-16/h5-7,10-12,16H,8-9,13H2,1-4H3/b23-15+. The number of aromatic nitrogens is 4. The Labute approximate surface area is 174 Å². The van der Waals surface area contributed by atoms with Crippen LogP contribution in [0.2, 0.25) is 0 Å². The van der Waals surface area contributed by atoms with Crippen LogP contribution >= 0.6 is 0 Å². The van der Waals surface area contributed by atoms with Gasteiger partial charge in [0, 0.05) is 12.6 Å². The lowest BCUT2D eigenvalue weighted by molar-refractivity contribution is 0.213. The van der Waals surface area contributed by atoms with E-state index >= 15 is 0 Å². The topological polar surface area (TPSA) is 83.5 Å². The highest BCUT2D eigenvalue weighted by Crippen LogP contribution is 2.45. The van der Waals surface area contributed by atoms with Gasteiger partial charge in [-0.15, -0.1) is 0 Å². The van der Waals surface area contributed by atoms with E-state index in [1.54, 1.807) is 14.2 Å². The third kappa shape index (κ3) is 3.85. The average molecular weight is 407 g/mol. The molecule has 0 spiro atoms. The van der Waals surface area contributed by atoms with E-state index in [0.29, 0.717) is 18.2 Å². The summed E-state index contributed by atoms with van der Waals surface area (Å²) >= 11 is 0. The monoisotopic (exact) mass is 407 g/mol. The summed E-state index contributed by atoms with van der Waals surface area (Å²) in [6, 6.07) is 11.9. The highest BCUT2D eigenvalue weighted by atomic mass is 16.6. The summed E-state index contributed by atoms with van der Waals surface area (Å²) in [5.74, 6) is 1.36. The molecule has 3 aromatic rings. The fourth-order valence-corrected chi connectivity index (χ4v) is 3.50. The Balaban J connectivity index is 1.65. The van der Waals surface area contributed by atoms with Gasteiger partial charge in [0.1, 0.15) is 19.5 Å². The van der Waals surface area contributed by atoms with Gasteiger partial charge < -0.3 is 9.57 Å². The Hall–Kier alpha value is -3.42. The minimum atomic E-state index is -0.294. The number of benzene rings is 2. The van der Waals surface area contributed by atoms with Crippen LogP contribution in [0.5, 0.6) is 5.75 Å². The van der Waals surface area contributed by atoms with E-state index in [1.165, 1.54) is 14.9 Å². The fraction of sp³-hybridized carbons (Fsp3) is 0.364. The number of oxime groups is 1. The van der Waals surface area contributed by atoms with Crippen molar-refractivity contribution in [3.8, 4) is 11.4 Å². The van der Waals surface area contributed by atoms with Crippen LogP contribution in [0, 0.1) is 6.92 Å². The van der Waals surface area contributed by atoms with Gasteiger partial charge in [0.15, 0.2) is 0 Å². The van der Waals surface area contributed by atoms with Crippen molar-refractivity contribution in [2.45, 2.75) is 39.2 Å².